The van der Waals surface area contributed by atoms with Crippen LogP contribution in [0.25, 0.3) is 11.1 Å². The third-order valence-corrected chi connectivity index (χ3v) is 4.52. The Balaban J connectivity index is 1.45. The Bertz CT molecular complexity index is 1150. The number of rotatable bonds is 5. The van der Waals surface area contributed by atoms with Gasteiger partial charge in [-0.1, -0.05) is 24.3 Å². The molecule has 0 unspecified atom stereocenters. The van der Waals surface area contributed by atoms with E-state index >= 15 is 0 Å². The van der Waals surface area contributed by atoms with E-state index in [1.807, 2.05) is 0 Å². The van der Waals surface area contributed by atoms with Gasteiger partial charge in [0.15, 0.2) is 0 Å². The summed E-state index contributed by atoms with van der Waals surface area (Å²) < 4.78 is 1.20. The molecule has 4 aromatic rings. The van der Waals surface area contributed by atoms with Gasteiger partial charge in [0, 0.05) is 24.3 Å². The molecule has 0 bridgehead atoms. The lowest BCUT2D eigenvalue weighted by atomic mass is 10.0. The maximum Gasteiger partial charge on any atom is 0.363 e. The molecule has 0 saturated carbocycles. The summed E-state index contributed by atoms with van der Waals surface area (Å²) in [5.41, 5.74) is 1.86. The van der Waals surface area contributed by atoms with Crippen molar-refractivity contribution in [3.05, 3.63) is 83.9 Å². The van der Waals surface area contributed by atoms with E-state index < -0.39 is 35.5 Å². The highest BCUT2D eigenvalue weighted by molar-refractivity contribution is 5.91. The van der Waals surface area contributed by atoms with Gasteiger partial charge >= 0.3 is 11.9 Å². The van der Waals surface area contributed by atoms with E-state index in [9.17, 15) is 30.0 Å². The van der Waals surface area contributed by atoms with E-state index in [-0.39, 0.29) is 11.1 Å². The summed E-state index contributed by atoms with van der Waals surface area (Å²) in [6.07, 6.45) is 0. The average molecular weight is 436 g/mol. The Morgan fingerprint density at radius 3 is 1.06 bits per heavy atom. The van der Waals surface area contributed by atoms with Gasteiger partial charge < -0.3 is 30.1 Å². The molecule has 0 saturated heterocycles. The highest BCUT2D eigenvalue weighted by Gasteiger charge is 2.16. The van der Waals surface area contributed by atoms with E-state index in [2.05, 4.69) is 0 Å². The molecule has 2 heterocycles. The first-order chi connectivity index (χ1) is 15.3. The second-order valence-electron chi connectivity index (χ2n) is 6.60. The van der Waals surface area contributed by atoms with E-state index in [1.54, 1.807) is 24.3 Å². The number of hydrogen-bond acceptors (Lipinski definition) is 8. The maximum absolute atomic E-state index is 12.2. The van der Waals surface area contributed by atoms with Crippen LogP contribution >= 0.6 is 0 Å². The van der Waals surface area contributed by atoms with Crippen LogP contribution < -0.4 is 9.68 Å². The lowest BCUT2D eigenvalue weighted by molar-refractivity contribution is 0.0376. The van der Waals surface area contributed by atoms with Crippen LogP contribution in [0.3, 0.4) is 0 Å². The van der Waals surface area contributed by atoms with Gasteiger partial charge in [0.05, 0.1) is 11.1 Å². The highest BCUT2D eigenvalue weighted by Crippen LogP contribution is 2.23. The zero-order valence-electron chi connectivity index (χ0n) is 16.2. The number of benzene rings is 2. The van der Waals surface area contributed by atoms with Gasteiger partial charge in [0.25, 0.3) is 0 Å². The molecule has 10 heteroatoms. The Morgan fingerprint density at radius 1 is 0.500 bits per heavy atom. The molecule has 0 aliphatic heterocycles. The topological polar surface area (TPSA) is 143 Å². The molecule has 0 atom stereocenters. The van der Waals surface area contributed by atoms with Gasteiger partial charge in [0.2, 0.25) is 23.5 Å². The molecule has 2 aromatic carbocycles. The first-order valence-electron chi connectivity index (χ1n) is 9.18. The number of aromatic nitrogens is 2. The van der Waals surface area contributed by atoms with Crippen molar-refractivity contribution in [2.75, 3.05) is 0 Å². The number of hydrogen-bond donors (Lipinski definition) is 4. The normalized spacial score (nSPS) is 10.6. The minimum atomic E-state index is -0.784. The molecule has 0 amide bonds. The number of carbonyl (C=O) groups is 2. The molecule has 0 fully saturated rings. The van der Waals surface area contributed by atoms with Gasteiger partial charge in [-0.15, -0.1) is 9.46 Å². The molecule has 32 heavy (non-hydrogen) atoms. The lowest BCUT2D eigenvalue weighted by Crippen LogP contribution is -2.19. The Hall–Kier alpha value is -4.86. The van der Waals surface area contributed by atoms with Crippen molar-refractivity contribution in [1.82, 2.24) is 9.46 Å². The number of nitrogens with zero attached hydrogens (tertiary/aromatic N) is 2. The molecule has 0 radical (unpaired) electrons. The fraction of sp³-hybridized carbons (Fsp3) is 0. The van der Waals surface area contributed by atoms with Crippen LogP contribution in [0.1, 0.15) is 20.7 Å². The van der Waals surface area contributed by atoms with Gasteiger partial charge in [-0.25, -0.2) is 9.59 Å². The number of aromatic hydroxyl groups is 4. The van der Waals surface area contributed by atoms with Crippen molar-refractivity contribution in [2.45, 2.75) is 0 Å². The smallest absolute Gasteiger partial charge is 0.363 e. The molecule has 4 N–H and O–H groups in total. The summed E-state index contributed by atoms with van der Waals surface area (Å²) in [6, 6.07) is 17.4. The quantitative estimate of drug-likeness (QED) is 0.373. The molecular formula is C22H16N2O8. The zero-order chi connectivity index (χ0) is 22.8. The summed E-state index contributed by atoms with van der Waals surface area (Å²) in [5, 5.41) is 38.2. The highest BCUT2D eigenvalue weighted by atomic mass is 16.7. The Labute approximate surface area is 180 Å². The minimum absolute atomic E-state index is 0.188. The van der Waals surface area contributed by atoms with Gasteiger partial charge in [-0.2, -0.15) is 0 Å². The van der Waals surface area contributed by atoms with E-state index in [4.69, 9.17) is 9.68 Å². The van der Waals surface area contributed by atoms with Crippen molar-refractivity contribution in [3.63, 3.8) is 0 Å². The van der Waals surface area contributed by atoms with E-state index in [0.717, 1.165) is 11.1 Å². The van der Waals surface area contributed by atoms with Crippen molar-refractivity contribution in [3.8, 4) is 34.6 Å². The van der Waals surface area contributed by atoms with E-state index in [0.29, 0.717) is 9.46 Å². The summed E-state index contributed by atoms with van der Waals surface area (Å²) in [4.78, 5) is 34.3. The molecule has 0 aliphatic carbocycles. The van der Waals surface area contributed by atoms with Crippen LogP contribution in [-0.2, 0) is 0 Å². The first-order valence-corrected chi connectivity index (χ1v) is 9.18. The van der Waals surface area contributed by atoms with Crippen LogP contribution in [0.5, 0.6) is 23.5 Å². The third-order valence-electron chi connectivity index (χ3n) is 4.52. The average Bonchev–Trinajstić information content (AvgIpc) is 3.29. The second kappa shape index (κ2) is 8.11. The second-order valence-corrected chi connectivity index (χ2v) is 6.60. The Kier molecular flexibility index (Phi) is 5.17. The standard InChI is InChI=1S/C22H16N2O8/c25-17-9-10-18(26)23(17)31-21(29)15-5-1-13(2-6-15)14-3-7-16(8-4-14)22(30)32-24-19(27)11-12-20(24)28/h1-12,25-28H. The van der Waals surface area contributed by atoms with Gasteiger partial charge in [-0.05, 0) is 35.4 Å². The van der Waals surface area contributed by atoms with Crippen LogP contribution in [-0.4, -0.2) is 41.8 Å². The number of carbonyl (C=O) groups excluding carboxylic acids is 2. The fourth-order valence-corrected chi connectivity index (χ4v) is 2.86. The zero-order valence-corrected chi connectivity index (χ0v) is 16.2. The van der Waals surface area contributed by atoms with Crippen molar-refractivity contribution in [2.24, 2.45) is 0 Å². The first kappa shape index (κ1) is 20.4. The molecule has 2 aromatic heterocycles. The third kappa shape index (κ3) is 3.92. The molecule has 10 nitrogen and oxygen atoms in total. The summed E-state index contributed by atoms with van der Waals surface area (Å²) in [5.74, 6) is -3.26. The molecule has 4 rings (SSSR count). The van der Waals surface area contributed by atoms with Crippen molar-refractivity contribution in [1.29, 1.82) is 0 Å². The van der Waals surface area contributed by atoms with Crippen LogP contribution in [0.2, 0.25) is 0 Å². The largest absolute Gasteiger partial charge is 0.492 e. The van der Waals surface area contributed by atoms with Crippen LogP contribution in [0.15, 0.2) is 72.8 Å². The summed E-state index contributed by atoms with van der Waals surface area (Å²) >= 11 is 0. The molecule has 0 aliphatic rings. The van der Waals surface area contributed by atoms with Crippen LogP contribution in [0, 0.1) is 0 Å². The molecule has 0 spiro atoms. The van der Waals surface area contributed by atoms with Crippen molar-refractivity contribution < 1.29 is 39.7 Å². The van der Waals surface area contributed by atoms with E-state index in [1.165, 1.54) is 48.5 Å². The monoisotopic (exact) mass is 436 g/mol. The predicted octanol–water partition coefficient (Wildman–Crippen LogP) is 2.32. The van der Waals surface area contributed by atoms with Crippen molar-refractivity contribution >= 4 is 11.9 Å². The fourth-order valence-electron chi connectivity index (χ4n) is 2.86. The van der Waals surface area contributed by atoms with Gasteiger partial charge in [0.1, 0.15) is 0 Å². The SMILES string of the molecule is O=C(On1c(O)ccc1O)c1ccc(-c2ccc(C(=O)On3c(O)ccc3O)cc2)cc1. The van der Waals surface area contributed by atoms with Crippen LogP contribution in [0.4, 0.5) is 0 Å². The minimum Gasteiger partial charge on any atom is -0.492 e. The molecular weight excluding hydrogens is 420 g/mol. The molecule has 162 valence electrons. The lowest BCUT2D eigenvalue weighted by Gasteiger charge is -2.09. The maximum atomic E-state index is 12.2. The summed E-state index contributed by atoms with van der Waals surface area (Å²) in [6.45, 7) is 0. The predicted molar refractivity (Wildman–Crippen MR) is 109 cm³/mol. The Morgan fingerprint density at radius 2 is 0.781 bits per heavy atom. The summed E-state index contributed by atoms with van der Waals surface area (Å²) in [7, 11) is 0. The van der Waals surface area contributed by atoms with Gasteiger partial charge in [-0.3, -0.25) is 0 Å².